The number of aliphatic hydroxyl groups is 1. The number of hydrogen-bond acceptors (Lipinski definition) is 4. The third-order valence-corrected chi connectivity index (χ3v) is 7.10. The van der Waals surface area contributed by atoms with Gasteiger partial charge >= 0.3 is 12.3 Å². The quantitative estimate of drug-likeness (QED) is 0.421. The van der Waals surface area contributed by atoms with E-state index in [1.54, 1.807) is 20.8 Å². The zero-order valence-corrected chi connectivity index (χ0v) is 23.1. The van der Waals surface area contributed by atoms with Crippen molar-refractivity contribution in [3.63, 3.8) is 0 Å². The maximum Gasteiger partial charge on any atom is 0.416 e. The highest BCUT2D eigenvalue weighted by molar-refractivity contribution is 5.90. The number of amides is 1. The Balaban J connectivity index is 1.64. The van der Waals surface area contributed by atoms with Crippen LogP contribution in [0.15, 0.2) is 47.6 Å². The summed E-state index contributed by atoms with van der Waals surface area (Å²) in [4.78, 5) is 26.1. The van der Waals surface area contributed by atoms with Gasteiger partial charge in [0.15, 0.2) is 5.78 Å². The Morgan fingerprint density at radius 2 is 1.63 bits per heavy atom. The largest absolute Gasteiger partial charge is 0.444 e. The Hall–Kier alpha value is -2.61. The first-order chi connectivity index (χ1) is 17.4. The number of alkyl halides is 3. The third-order valence-electron chi connectivity index (χ3n) is 7.10. The van der Waals surface area contributed by atoms with Gasteiger partial charge < -0.3 is 15.2 Å². The van der Waals surface area contributed by atoms with Gasteiger partial charge in [0, 0.05) is 5.92 Å². The Morgan fingerprint density at radius 3 is 2.18 bits per heavy atom. The highest BCUT2D eigenvalue weighted by atomic mass is 19.4. The molecule has 2 aliphatic carbocycles. The number of rotatable bonds is 6. The Kier molecular flexibility index (Phi) is 8.86. The zero-order chi connectivity index (χ0) is 28.5. The van der Waals surface area contributed by atoms with E-state index in [1.165, 1.54) is 12.1 Å². The van der Waals surface area contributed by atoms with Crippen LogP contribution >= 0.6 is 0 Å². The summed E-state index contributed by atoms with van der Waals surface area (Å²) in [6.45, 7) is 11.0. The Labute approximate surface area is 223 Å². The van der Waals surface area contributed by atoms with Gasteiger partial charge in [-0.1, -0.05) is 56.2 Å². The maximum absolute atomic E-state index is 13.7. The van der Waals surface area contributed by atoms with Gasteiger partial charge in [-0.05, 0) is 81.9 Å². The Bertz CT molecular complexity index is 1070. The molecule has 1 aromatic rings. The topological polar surface area (TPSA) is 75.6 Å². The van der Waals surface area contributed by atoms with Crippen LogP contribution in [0.4, 0.5) is 18.0 Å². The highest BCUT2D eigenvalue weighted by Crippen LogP contribution is 2.40. The summed E-state index contributed by atoms with van der Waals surface area (Å²) < 4.78 is 43.9. The van der Waals surface area contributed by atoms with E-state index < -0.39 is 46.9 Å². The molecule has 0 unspecified atom stereocenters. The Morgan fingerprint density at radius 1 is 1.00 bits per heavy atom. The van der Waals surface area contributed by atoms with Crippen LogP contribution in [0.2, 0.25) is 0 Å². The number of benzene rings is 1. The lowest BCUT2D eigenvalue weighted by molar-refractivity contribution is -0.137. The number of allylic oxidation sites excluding steroid dienone is 4. The molecule has 1 saturated carbocycles. The molecule has 1 fully saturated rings. The molecule has 0 bridgehead atoms. The fourth-order valence-corrected chi connectivity index (χ4v) is 5.28. The van der Waals surface area contributed by atoms with E-state index in [2.05, 4.69) is 5.32 Å². The van der Waals surface area contributed by atoms with Gasteiger partial charge in [0.25, 0.3) is 0 Å². The molecular formula is C30H40F3NO4. The number of hydrogen-bond donors (Lipinski definition) is 2. The van der Waals surface area contributed by atoms with Crippen LogP contribution in [-0.2, 0) is 22.1 Å². The van der Waals surface area contributed by atoms with Crippen LogP contribution in [0.3, 0.4) is 0 Å². The van der Waals surface area contributed by atoms with Gasteiger partial charge in [-0.25, -0.2) is 4.79 Å². The van der Waals surface area contributed by atoms with Crippen LogP contribution in [0.5, 0.6) is 0 Å². The number of ether oxygens (including phenoxy) is 1. The first-order valence-corrected chi connectivity index (χ1v) is 13.2. The summed E-state index contributed by atoms with van der Waals surface area (Å²) >= 11 is 0. The summed E-state index contributed by atoms with van der Waals surface area (Å²) in [5, 5.41) is 13.4. The second-order valence-electron chi connectivity index (χ2n) is 12.7. The SMILES string of the molecule is CC(C)(C)OC(=O)N[C@H](C(=O)[C@@H]1C[C@H](O)C[C@@H](C2=CC=C(Cc3ccc(C(F)(F)F)cc3)C2)C1)C(C)(C)C. The molecule has 0 spiro atoms. The van der Waals surface area contributed by atoms with Crippen LogP contribution < -0.4 is 5.32 Å². The minimum Gasteiger partial charge on any atom is -0.444 e. The molecule has 1 aromatic carbocycles. The molecule has 1 amide bonds. The van der Waals surface area contributed by atoms with Gasteiger partial charge in [0.05, 0.1) is 17.7 Å². The minimum absolute atomic E-state index is 0.0104. The first-order valence-electron chi connectivity index (χ1n) is 13.2. The zero-order valence-electron chi connectivity index (χ0n) is 23.1. The molecule has 4 atom stereocenters. The number of aliphatic hydroxyl groups excluding tert-OH is 1. The fourth-order valence-electron chi connectivity index (χ4n) is 5.28. The smallest absolute Gasteiger partial charge is 0.416 e. The van der Waals surface area contributed by atoms with Gasteiger partial charge in [-0.15, -0.1) is 0 Å². The van der Waals surface area contributed by atoms with Crippen LogP contribution in [0.1, 0.15) is 78.4 Å². The molecule has 0 aromatic heterocycles. The van der Waals surface area contributed by atoms with Crippen molar-refractivity contribution in [2.24, 2.45) is 17.3 Å². The van der Waals surface area contributed by atoms with Crippen molar-refractivity contribution in [3.8, 4) is 0 Å². The average Bonchev–Trinajstić information content (AvgIpc) is 3.23. The fraction of sp³-hybridized carbons (Fsp3) is 0.600. The van der Waals surface area contributed by atoms with Crippen molar-refractivity contribution in [1.82, 2.24) is 5.32 Å². The molecule has 0 radical (unpaired) electrons. The highest BCUT2D eigenvalue weighted by Gasteiger charge is 2.41. The van der Waals surface area contributed by atoms with E-state index >= 15 is 0 Å². The number of halogens is 3. The van der Waals surface area contributed by atoms with Gasteiger partial charge in [-0.3, -0.25) is 4.79 Å². The van der Waals surface area contributed by atoms with Crippen LogP contribution in [-0.4, -0.2) is 34.7 Å². The molecule has 5 nitrogen and oxygen atoms in total. The molecule has 2 N–H and O–H groups in total. The monoisotopic (exact) mass is 535 g/mol. The van der Waals surface area contributed by atoms with E-state index in [0.717, 1.165) is 28.8 Å². The van der Waals surface area contributed by atoms with E-state index in [1.807, 2.05) is 32.9 Å². The summed E-state index contributed by atoms with van der Waals surface area (Å²) in [6.07, 6.45) is 1.05. The predicted octanol–water partition coefficient (Wildman–Crippen LogP) is 6.79. The van der Waals surface area contributed by atoms with E-state index in [-0.39, 0.29) is 11.7 Å². The number of carbonyl (C=O) groups is 2. The standard InChI is InChI=1S/C30H40F3NO4/c1-28(2,3)26(34-27(37)38-29(4,5)6)25(36)22-15-21(16-24(35)17-22)20-10-7-19(14-20)13-18-8-11-23(12-9-18)30(31,32)33/h7-12,21-22,24,26,35H,13-17H2,1-6H3,(H,34,37)/t21-,22-,24+,26+/m0/s1. The van der Waals surface area contributed by atoms with Crippen LogP contribution in [0.25, 0.3) is 0 Å². The second kappa shape index (κ2) is 11.2. The molecule has 8 heteroatoms. The molecule has 210 valence electrons. The summed E-state index contributed by atoms with van der Waals surface area (Å²) in [5.74, 6) is -0.511. The molecule has 0 heterocycles. The minimum atomic E-state index is -4.36. The lowest BCUT2D eigenvalue weighted by atomic mass is 9.70. The van der Waals surface area contributed by atoms with Gasteiger partial charge in [-0.2, -0.15) is 13.2 Å². The number of Topliss-reactive ketones (excluding diaryl/α,β-unsaturated/α-hetero) is 1. The average molecular weight is 536 g/mol. The van der Waals surface area contributed by atoms with Crippen LogP contribution in [0, 0.1) is 17.3 Å². The molecule has 2 aliphatic rings. The van der Waals surface area contributed by atoms with Crippen molar-refractivity contribution in [2.45, 2.75) is 97.6 Å². The summed E-state index contributed by atoms with van der Waals surface area (Å²) in [6, 6.07) is 4.45. The van der Waals surface area contributed by atoms with Crippen molar-refractivity contribution in [2.75, 3.05) is 0 Å². The molecule has 0 aliphatic heterocycles. The van der Waals surface area contributed by atoms with Gasteiger partial charge in [0.1, 0.15) is 5.60 Å². The van der Waals surface area contributed by atoms with Crippen molar-refractivity contribution in [3.05, 3.63) is 58.7 Å². The van der Waals surface area contributed by atoms with Crippen molar-refractivity contribution in [1.29, 1.82) is 0 Å². The van der Waals surface area contributed by atoms with E-state index in [4.69, 9.17) is 4.74 Å². The van der Waals surface area contributed by atoms with E-state index in [9.17, 15) is 27.9 Å². The molecule has 0 saturated heterocycles. The molecular weight excluding hydrogens is 495 g/mol. The first kappa shape index (κ1) is 29.9. The number of carbonyl (C=O) groups excluding carboxylic acids is 2. The number of ketones is 1. The third kappa shape index (κ3) is 8.19. The number of nitrogens with one attached hydrogen (secondary N) is 1. The lowest BCUT2D eigenvalue weighted by Gasteiger charge is -2.38. The molecule has 38 heavy (non-hydrogen) atoms. The van der Waals surface area contributed by atoms with Crippen molar-refractivity contribution < 1.29 is 32.6 Å². The second-order valence-corrected chi connectivity index (χ2v) is 12.7. The maximum atomic E-state index is 13.7. The van der Waals surface area contributed by atoms with Crippen molar-refractivity contribution >= 4 is 11.9 Å². The molecule has 3 rings (SSSR count). The lowest BCUT2D eigenvalue weighted by Crippen LogP contribution is -2.53. The number of alkyl carbamates (subject to hydrolysis) is 1. The van der Waals surface area contributed by atoms with E-state index in [0.29, 0.717) is 32.1 Å². The summed E-state index contributed by atoms with van der Waals surface area (Å²) in [7, 11) is 0. The summed E-state index contributed by atoms with van der Waals surface area (Å²) in [5.41, 5.74) is 1.10. The normalized spacial score (nSPS) is 23.4. The predicted molar refractivity (Wildman–Crippen MR) is 140 cm³/mol. The van der Waals surface area contributed by atoms with Gasteiger partial charge in [0.2, 0.25) is 0 Å².